The largest absolute Gasteiger partial charge is 0.416 e. The fourth-order valence-corrected chi connectivity index (χ4v) is 4.67. The second kappa shape index (κ2) is 9.72. The van der Waals surface area contributed by atoms with E-state index in [0.717, 1.165) is 17.7 Å². The summed E-state index contributed by atoms with van der Waals surface area (Å²) in [5, 5.41) is 3.52. The van der Waals surface area contributed by atoms with E-state index in [-0.39, 0.29) is 23.6 Å². The van der Waals surface area contributed by atoms with Gasteiger partial charge in [0.15, 0.2) is 0 Å². The van der Waals surface area contributed by atoms with Crippen molar-refractivity contribution in [2.24, 2.45) is 0 Å². The number of aromatic amines is 1. The minimum absolute atomic E-state index is 0.0353. The third kappa shape index (κ3) is 5.06. The van der Waals surface area contributed by atoms with E-state index in [1.807, 2.05) is 0 Å². The van der Waals surface area contributed by atoms with Gasteiger partial charge < -0.3 is 10.3 Å². The first-order chi connectivity index (χ1) is 18.0. The molecule has 0 amide bonds. The van der Waals surface area contributed by atoms with Gasteiger partial charge in [0.25, 0.3) is 0 Å². The highest BCUT2D eigenvalue weighted by atomic mass is 35.5. The molecule has 1 unspecified atom stereocenters. The lowest BCUT2D eigenvalue weighted by molar-refractivity contribution is -0.137. The first-order valence-electron chi connectivity index (χ1n) is 11.5. The summed E-state index contributed by atoms with van der Waals surface area (Å²) < 4.78 is 70.2. The molecule has 1 atom stereocenters. The van der Waals surface area contributed by atoms with Crippen LogP contribution >= 0.6 is 11.6 Å². The monoisotopic (exact) mass is 542 g/mol. The number of hydrogen-bond acceptors (Lipinski definition) is 3. The first kappa shape index (κ1) is 25.7. The molecule has 3 aromatic carbocycles. The van der Waals surface area contributed by atoms with Crippen LogP contribution in [-0.4, -0.2) is 15.0 Å². The number of nitrogens with one attached hydrogen (secondary N) is 2. The van der Waals surface area contributed by atoms with E-state index in [2.05, 4.69) is 20.3 Å². The number of nitrogens with zero attached hydrogens (tertiary/aromatic N) is 2. The number of imidazole rings is 1. The molecule has 4 nitrogen and oxygen atoms in total. The Kier molecular flexibility index (Phi) is 6.56. The molecule has 0 aliphatic heterocycles. The number of rotatable bonds is 6. The maximum atomic E-state index is 14.8. The van der Waals surface area contributed by atoms with Gasteiger partial charge in [0.1, 0.15) is 17.2 Å². The van der Waals surface area contributed by atoms with E-state index in [0.29, 0.717) is 27.7 Å². The Balaban J connectivity index is 1.79. The molecule has 38 heavy (non-hydrogen) atoms. The molecule has 0 saturated heterocycles. The number of anilines is 1. The number of aromatic nitrogens is 3. The number of pyridine rings is 1. The zero-order valence-electron chi connectivity index (χ0n) is 19.9. The van der Waals surface area contributed by atoms with Crippen molar-refractivity contribution >= 4 is 28.6 Å². The summed E-state index contributed by atoms with van der Waals surface area (Å²) in [6, 6.07) is 17.1. The summed E-state index contributed by atoms with van der Waals surface area (Å²) in [4.78, 5) is 12.0. The zero-order chi connectivity index (χ0) is 27.1. The summed E-state index contributed by atoms with van der Waals surface area (Å²) >= 11 is 6.08. The topological polar surface area (TPSA) is 53.6 Å². The van der Waals surface area contributed by atoms with Crippen molar-refractivity contribution < 1.29 is 22.0 Å². The Bertz CT molecular complexity index is 1600. The Hall–Kier alpha value is -3.98. The SMILES string of the molecule is Cc1cc(F)cc2[nH]c(NC(Cc3ccccc3)(c3cc(F)cc(C(F)(F)F)c3)c3ccc(Cl)cn3)nc12. The lowest BCUT2D eigenvalue weighted by Gasteiger charge is -2.36. The van der Waals surface area contributed by atoms with Gasteiger partial charge in [-0.05, 0) is 66.1 Å². The molecule has 2 N–H and O–H groups in total. The predicted octanol–water partition coefficient (Wildman–Crippen LogP) is 7.82. The number of benzene rings is 3. The van der Waals surface area contributed by atoms with Crippen molar-refractivity contribution in [1.82, 2.24) is 15.0 Å². The highest BCUT2D eigenvalue weighted by Gasteiger charge is 2.40. The molecule has 0 bridgehead atoms. The van der Waals surface area contributed by atoms with Gasteiger partial charge in [0.05, 0.1) is 27.3 Å². The van der Waals surface area contributed by atoms with Crippen LogP contribution in [0.2, 0.25) is 5.02 Å². The number of alkyl halides is 3. The summed E-state index contributed by atoms with van der Waals surface area (Å²) in [7, 11) is 0. The molecule has 0 aliphatic rings. The number of halogens is 6. The van der Waals surface area contributed by atoms with Gasteiger partial charge in [-0.3, -0.25) is 4.98 Å². The maximum Gasteiger partial charge on any atom is 0.416 e. The number of aryl methyl sites for hydroxylation is 1. The molecular formula is C28H20ClF5N4. The van der Waals surface area contributed by atoms with E-state index < -0.39 is 28.9 Å². The van der Waals surface area contributed by atoms with Crippen LogP contribution in [0.4, 0.5) is 27.9 Å². The number of H-pyrrole nitrogens is 1. The van der Waals surface area contributed by atoms with Gasteiger partial charge in [-0.1, -0.05) is 41.9 Å². The van der Waals surface area contributed by atoms with Crippen molar-refractivity contribution in [3.63, 3.8) is 0 Å². The van der Waals surface area contributed by atoms with Gasteiger partial charge in [-0.2, -0.15) is 13.2 Å². The Morgan fingerprint density at radius 1 is 0.895 bits per heavy atom. The van der Waals surface area contributed by atoms with E-state index in [4.69, 9.17) is 11.6 Å². The molecule has 10 heteroatoms. The van der Waals surface area contributed by atoms with Crippen LogP contribution in [-0.2, 0) is 18.1 Å². The third-order valence-electron chi connectivity index (χ3n) is 6.27. The fraction of sp³-hybridized carbons (Fsp3) is 0.143. The van der Waals surface area contributed by atoms with Crippen LogP contribution in [0, 0.1) is 18.6 Å². The lowest BCUT2D eigenvalue weighted by Crippen LogP contribution is -2.40. The number of hydrogen-bond donors (Lipinski definition) is 2. The average molecular weight is 543 g/mol. The van der Waals surface area contributed by atoms with E-state index in [9.17, 15) is 22.0 Å². The molecule has 194 valence electrons. The molecule has 5 aromatic rings. The van der Waals surface area contributed by atoms with Crippen molar-refractivity contribution in [2.75, 3.05) is 5.32 Å². The number of fused-ring (bicyclic) bond motifs is 1. The van der Waals surface area contributed by atoms with Crippen LogP contribution in [0.3, 0.4) is 0 Å². The van der Waals surface area contributed by atoms with Gasteiger partial charge in [0.2, 0.25) is 5.95 Å². The molecule has 5 rings (SSSR count). The summed E-state index contributed by atoms with van der Waals surface area (Å²) in [6.45, 7) is 1.69. The molecular weight excluding hydrogens is 523 g/mol. The molecule has 0 spiro atoms. The van der Waals surface area contributed by atoms with E-state index >= 15 is 0 Å². The standard InChI is InChI=1S/C28H20ClF5N4/c1-16-9-21(30)13-23-25(16)37-26(36-23)38-27(14-17-5-3-2-4-6-17,24-8-7-20(29)15-35-24)18-10-19(28(32,33)34)12-22(31)11-18/h2-13,15H,14H2,1H3,(H2,36,37,38). The Morgan fingerprint density at radius 2 is 1.61 bits per heavy atom. The van der Waals surface area contributed by atoms with Crippen molar-refractivity contribution in [1.29, 1.82) is 0 Å². The average Bonchev–Trinajstić information content (AvgIpc) is 3.26. The second-order valence-corrected chi connectivity index (χ2v) is 9.42. The van der Waals surface area contributed by atoms with E-state index in [1.54, 1.807) is 49.4 Å². The second-order valence-electron chi connectivity index (χ2n) is 8.98. The summed E-state index contributed by atoms with van der Waals surface area (Å²) in [6.07, 6.45) is -3.37. The third-order valence-corrected chi connectivity index (χ3v) is 6.49. The van der Waals surface area contributed by atoms with Crippen LogP contribution in [0.1, 0.15) is 27.9 Å². The van der Waals surface area contributed by atoms with Crippen LogP contribution < -0.4 is 5.32 Å². The fourth-order valence-electron chi connectivity index (χ4n) is 4.56. The molecule has 2 heterocycles. The minimum atomic E-state index is -4.79. The normalized spacial score (nSPS) is 13.4. The molecule has 0 aliphatic carbocycles. The zero-order valence-corrected chi connectivity index (χ0v) is 20.6. The molecule has 0 fully saturated rings. The highest BCUT2D eigenvalue weighted by Crippen LogP contribution is 2.40. The summed E-state index contributed by atoms with van der Waals surface area (Å²) in [5.74, 6) is -1.40. The lowest BCUT2D eigenvalue weighted by atomic mass is 9.80. The van der Waals surface area contributed by atoms with Gasteiger partial charge >= 0.3 is 6.18 Å². The van der Waals surface area contributed by atoms with Crippen molar-refractivity contribution in [3.8, 4) is 0 Å². The van der Waals surface area contributed by atoms with Crippen molar-refractivity contribution in [3.05, 3.63) is 124 Å². The van der Waals surface area contributed by atoms with Crippen LogP contribution in [0.15, 0.2) is 79.0 Å². The minimum Gasteiger partial charge on any atom is -0.340 e. The molecule has 0 radical (unpaired) electrons. The van der Waals surface area contributed by atoms with E-state index in [1.165, 1.54) is 18.3 Å². The maximum absolute atomic E-state index is 14.8. The van der Waals surface area contributed by atoms with Crippen LogP contribution in [0.5, 0.6) is 0 Å². The van der Waals surface area contributed by atoms with Gasteiger partial charge in [-0.25, -0.2) is 13.8 Å². The summed E-state index contributed by atoms with van der Waals surface area (Å²) in [5.41, 5.74) is -0.308. The van der Waals surface area contributed by atoms with Crippen LogP contribution in [0.25, 0.3) is 11.0 Å². The predicted molar refractivity (Wildman–Crippen MR) is 136 cm³/mol. The smallest absolute Gasteiger partial charge is 0.340 e. The highest BCUT2D eigenvalue weighted by molar-refractivity contribution is 6.30. The molecule has 2 aromatic heterocycles. The van der Waals surface area contributed by atoms with Crippen molar-refractivity contribution in [2.45, 2.75) is 25.1 Å². The van der Waals surface area contributed by atoms with Gasteiger partial charge in [0, 0.05) is 12.6 Å². The molecule has 0 saturated carbocycles. The quantitative estimate of drug-likeness (QED) is 0.215. The van der Waals surface area contributed by atoms with Gasteiger partial charge in [-0.15, -0.1) is 0 Å². The Labute approximate surface area is 219 Å². The Morgan fingerprint density at radius 3 is 2.29 bits per heavy atom. The first-order valence-corrected chi connectivity index (χ1v) is 11.9.